The van der Waals surface area contributed by atoms with Crippen molar-refractivity contribution in [3.63, 3.8) is 0 Å². The molecule has 2 N–H and O–H groups in total. The van der Waals surface area contributed by atoms with E-state index in [0.717, 1.165) is 11.3 Å². The minimum atomic E-state index is 0.0630. The van der Waals surface area contributed by atoms with Crippen LogP contribution in [0.2, 0.25) is 0 Å². The van der Waals surface area contributed by atoms with Crippen LogP contribution in [0.1, 0.15) is 35.2 Å². The largest absolute Gasteiger partial charge is 0.489 e. The van der Waals surface area contributed by atoms with E-state index >= 15 is 0 Å². The Kier molecular flexibility index (Phi) is 4.23. The van der Waals surface area contributed by atoms with E-state index in [0.29, 0.717) is 6.61 Å². The van der Waals surface area contributed by atoms with E-state index in [-0.39, 0.29) is 6.04 Å². The summed E-state index contributed by atoms with van der Waals surface area (Å²) in [4.78, 5) is 0. The zero-order chi connectivity index (χ0) is 13.8. The molecular formula is C17H21NO. The van der Waals surface area contributed by atoms with Crippen LogP contribution in [0.4, 0.5) is 0 Å². The van der Waals surface area contributed by atoms with Crippen LogP contribution < -0.4 is 10.5 Å². The lowest BCUT2D eigenvalue weighted by atomic mass is 10.1. The van der Waals surface area contributed by atoms with Crippen LogP contribution in [-0.4, -0.2) is 0 Å². The Morgan fingerprint density at radius 3 is 2.37 bits per heavy atom. The van der Waals surface area contributed by atoms with Crippen LogP contribution in [0.15, 0.2) is 42.5 Å². The van der Waals surface area contributed by atoms with Crippen molar-refractivity contribution in [3.8, 4) is 5.75 Å². The second-order valence-electron chi connectivity index (χ2n) is 5.08. The van der Waals surface area contributed by atoms with E-state index in [4.69, 9.17) is 10.5 Å². The fraction of sp³-hybridized carbons (Fsp3) is 0.294. The van der Waals surface area contributed by atoms with Crippen molar-refractivity contribution in [2.75, 3.05) is 0 Å². The van der Waals surface area contributed by atoms with E-state index in [1.807, 2.05) is 31.2 Å². The van der Waals surface area contributed by atoms with Gasteiger partial charge in [0.25, 0.3) is 0 Å². The van der Waals surface area contributed by atoms with Gasteiger partial charge in [0.2, 0.25) is 0 Å². The summed E-state index contributed by atoms with van der Waals surface area (Å²) in [5.74, 6) is 0.880. The van der Waals surface area contributed by atoms with Crippen LogP contribution in [0.5, 0.6) is 5.75 Å². The highest BCUT2D eigenvalue weighted by Gasteiger charge is 2.02. The Bertz CT molecular complexity index is 544. The monoisotopic (exact) mass is 255 g/mol. The number of ether oxygens (including phenoxy) is 1. The van der Waals surface area contributed by atoms with Gasteiger partial charge < -0.3 is 10.5 Å². The predicted molar refractivity (Wildman–Crippen MR) is 79.3 cm³/mol. The highest BCUT2D eigenvalue weighted by molar-refractivity contribution is 5.32. The van der Waals surface area contributed by atoms with Crippen molar-refractivity contribution >= 4 is 0 Å². The molecule has 2 aromatic carbocycles. The molecule has 0 fully saturated rings. The maximum absolute atomic E-state index is 5.82. The third-order valence-corrected chi connectivity index (χ3v) is 3.30. The summed E-state index contributed by atoms with van der Waals surface area (Å²) in [7, 11) is 0. The summed E-state index contributed by atoms with van der Waals surface area (Å²) in [5.41, 5.74) is 10.7. The summed E-state index contributed by atoms with van der Waals surface area (Å²) in [6.07, 6.45) is 0. The molecule has 0 unspecified atom stereocenters. The summed E-state index contributed by atoms with van der Waals surface area (Å²) >= 11 is 0. The molecule has 19 heavy (non-hydrogen) atoms. The first-order valence-corrected chi connectivity index (χ1v) is 6.61. The molecule has 0 radical (unpaired) electrons. The highest BCUT2D eigenvalue weighted by Crippen LogP contribution is 2.18. The Morgan fingerprint density at radius 2 is 1.74 bits per heavy atom. The quantitative estimate of drug-likeness (QED) is 0.899. The van der Waals surface area contributed by atoms with Crippen LogP contribution in [0, 0.1) is 13.8 Å². The Labute approximate surface area is 115 Å². The second-order valence-corrected chi connectivity index (χ2v) is 5.08. The smallest absolute Gasteiger partial charge is 0.119 e. The normalized spacial score (nSPS) is 12.2. The van der Waals surface area contributed by atoms with Gasteiger partial charge in [0.1, 0.15) is 12.4 Å². The van der Waals surface area contributed by atoms with Gasteiger partial charge in [-0.15, -0.1) is 0 Å². The number of hydrogen-bond acceptors (Lipinski definition) is 2. The SMILES string of the molecule is Cc1ccc(C)c(COc2ccc([C@H](C)N)cc2)c1. The topological polar surface area (TPSA) is 35.2 Å². The van der Waals surface area contributed by atoms with Crippen molar-refractivity contribution in [2.45, 2.75) is 33.4 Å². The molecule has 1 atom stereocenters. The number of benzene rings is 2. The van der Waals surface area contributed by atoms with Gasteiger partial charge in [-0.2, -0.15) is 0 Å². The Hall–Kier alpha value is -1.80. The van der Waals surface area contributed by atoms with Crippen molar-refractivity contribution in [1.82, 2.24) is 0 Å². The average molecular weight is 255 g/mol. The summed E-state index contributed by atoms with van der Waals surface area (Å²) in [6.45, 7) is 6.79. The van der Waals surface area contributed by atoms with Crippen LogP contribution >= 0.6 is 0 Å². The number of rotatable bonds is 4. The molecule has 2 aromatic rings. The van der Waals surface area contributed by atoms with Gasteiger partial charge in [-0.1, -0.05) is 35.9 Å². The van der Waals surface area contributed by atoms with E-state index in [1.165, 1.54) is 16.7 Å². The standard InChI is InChI=1S/C17H21NO/c1-12-4-5-13(2)16(10-12)11-19-17-8-6-15(7-9-17)14(3)18/h4-10,14H,11,18H2,1-3H3/t14-/m0/s1. The molecule has 100 valence electrons. The van der Waals surface area contributed by atoms with Gasteiger partial charge in [-0.25, -0.2) is 0 Å². The van der Waals surface area contributed by atoms with Crippen LogP contribution in [0.25, 0.3) is 0 Å². The maximum atomic E-state index is 5.82. The maximum Gasteiger partial charge on any atom is 0.119 e. The van der Waals surface area contributed by atoms with Gasteiger partial charge >= 0.3 is 0 Å². The third kappa shape index (κ3) is 3.58. The number of aryl methyl sites for hydroxylation is 2. The van der Waals surface area contributed by atoms with Crippen molar-refractivity contribution in [2.24, 2.45) is 5.73 Å². The first-order chi connectivity index (χ1) is 9.06. The minimum absolute atomic E-state index is 0.0630. The third-order valence-electron chi connectivity index (χ3n) is 3.30. The zero-order valence-electron chi connectivity index (χ0n) is 11.8. The predicted octanol–water partition coefficient (Wildman–Crippen LogP) is 3.90. The molecule has 0 aliphatic rings. The van der Waals surface area contributed by atoms with Gasteiger partial charge in [0, 0.05) is 6.04 Å². The molecule has 2 rings (SSSR count). The van der Waals surface area contributed by atoms with Gasteiger partial charge in [0.15, 0.2) is 0 Å². The fourth-order valence-electron chi connectivity index (χ4n) is 1.98. The van der Waals surface area contributed by atoms with Crippen molar-refractivity contribution in [1.29, 1.82) is 0 Å². The molecule has 0 aliphatic carbocycles. The molecule has 2 nitrogen and oxygen atoms in total. The number of hydrogen-bond donors (Lipinski definition) is 1. The molecule has 0 bridgehead atoms. The number of nitrogens with two attached hydrogens (primary N) is 1. The molecular weight excluding hydrogens is 234 g/mol. The van der Waals surface area contributed by atoms with Crippen molar-refractivity contribution < 1.29 is 4.74 Å². The summed E-state index contributed by atoms with van der Waals surface area (Å²) in [6, 6.07) is 14.5. The lowest BCUT2D eigenvalue weighted by Gasteiger charge is -2.11. The van der Waals surface area contributed by atoms with Crippen LogP contribution in [0.3, 0.4) is 0 Å². The zero-order valence-corrected chi connectivity index (χ0v) is 11.8. The first-order valence-electron chi connectivity index (χ1n) is 6.61. The lowest BCUT2D eigenvalue weighted by Crippen LogP contribution is -2.04. The average Bonchev–Trinajstić information content (AvgIpc) is 2.40. The van der Waals surface area contributed by atoms with Gasteiger partial charge in [0.05, 0.1) is 0 Å². The Balaban J connectivity index is 2.04. The lowest BCUT2D eigenvalue weighted by molar-refractivity contribution is 0.305. The molecule has 2 heteroatoms. The highest BCUT2D eigenvalue weighted by atomic mass is 16.5. The van der Waals surface area contributed by atoms with Crippen molar-refractivity contribution in [3.05, 3.63) is 64.7 Å². The van der Waals surface area contributed by atoms with Crippen LogP contribution in [-0.2, 0) is 6.61 Å². The van der Waals surface area contributed by atoms with E-state index in [2.05, 4.69) is 32.0 Å². The summed E-state index contributed by atoms with van der Waals surface area (Å²) < 4.78 is 5.82. The Morgan fingerprint density at radius 1 is 1.05 bits per heavy atom. The van der Waals surface area contributed by atoms with Gasteiger partial charge in [-0.3, -0.25) is 0 Å². The minimum Gasteiger partial charge on any atom is -0.489 e. The van der Waals surface area contributed by atoms with E-state index in [1.54, 1.807) is 0 Å². The fourth-order valence-corrected chi connectivity index (χ4v) is 1.98. The molecule has 0 saturated carbocycles. The van der Waals surface area contributed by atoms with Gasteiger partial charge in [-0.05, 0) is 49.6 Å². The molecule has 0 heterocycles. The molecule has 0 aliphatic heterocycles. The molecule has 0 spiro atoms. The second kappa shape index (κ2) is 5.89. The first kappa shape index (κ1) is 13.6. The van der Waals surface area contributed by atoms with E-state index < -0.39 is 0 Å². The van der Waals surface area contributed by atoms with E-state index in [9.17, 15) is 0 Å². The molecule has 0 saturated heterocycles. The molecule has 0 amide bonds. The molecule has 0 aromatic heterocycles. The summed E-state index contributed by atoms with van der Waals surface area (Å²) in [5, 5.41) is 0.